The standard InChI is InChI=1S/C17H36O3Si5/c1-21-18-25(19-22(2,3)4,20-23(5,6)7)24(8,9)16-15-17-13-11-10-12-14-17/h10-16H,21H2,1-9H3. The molecule has 1 aromatic rings. The Balaban J connectivity index is 3.32. The second kappa shape index (κ2) is 8.74. The van der Waals surface area contributed by atoms with E-state index in [-0.39, 0.29) is 0 Å². The molecule has 3 nitrogen and oxygen atoms in total. The van der Waals surface area contributed by atoms with E-state index in [2.05, 4.69) is 95.0 Å². The molecule has 0 N–H and O–H groups in total. The van der Waals surface area contributed by atoms with Crippen LogP contribution in [0.1, 0.15) is 5.56 Å². The molecule has 0 aromatic heterocycles. The molecule has 0 unspecified atom stereocenters. The van der Waals surface area contributed by atoms with Gasteiger partial charge in [0.05, 0.1) is 0 Å². The highest BCUT2D eigenvalue weighted by Crippen LogP contribution is 2.31. The lowest BCUT2D eigenvalue weighted by Crippen LogP contribution is -2.71. The minimum Gasteiger partial charge on any atom is -0.425 e. The average molecular weight is 429 g/mol. The van der Waals surface area contributed by atoms with Crippen molar-refractivity contribution in [3.05, 3.63) is 41.6 Å². The van der Waals surface area contributed by atoms with Crippen LogP contribution in [0.25, 0.3) is 6.08 Å². The Labute approximate surface area is 161 Å². The van der Waals surface area contributed by atoms with Crippen LogP contribution in [0.2, 0.25) is 58.9 Å². The maximum atomic E-state index is 6.81. The summed E-state index contributed by atoms with van der Waals surface area (Å²) in [4.78, 5) is 0. The summed E-state index contributed by atoms with van der Waals surface area (Å²) in [6.45, 7) is 20.4. The third-order valence-electron chi connectivity index (χ3n) is 3.50. The minimum atomic E-state index is -2.71. The van der Waals surface area contributed by atoms with Crippen LogP contribution in [-0.4, -0.2) is 42.3 Å². The first-order valence-corrected chi connectivity index (χ1v) is 23.7. The van der Waals surface area contributed by atoms with E-state index in [1.54, 1.807) is 0 Å². The zero-order valence-electron chi connectivity index (χ0n) is 17.5. The van der Waals surface area contributed by atoms with E-state index in [0.29, 0.717) is 0 Å². The fraction of sp³-hybridized carbons (Fsp3) is 0.529. The van der Waals surface area contributed by atoms with Gasteiger partial charge in [-0.15, -0.1) is 0 Å². The highest BCUT2D eigenvalue weighted by Gasteiger charge is 2.58. The Bertz CT molecular complexity index is 546. The molecule has 0 aliphatic carbocycles. The summed E-state index contributed by atoms with van der Waals surface area (Å²) in [5.74, 6) is 0. The molecule has 1 aromatic carbocycles. The predicted molar refractivity (Wildman–Crippen MR) is 123 cm³/mol. The van der Waals surface area contributed by atoms with Crippen molar-refractivity contribution >= 4 is 48.4 Å². The van der Waals surface area contributed by atoms with E-state index in [4.69, 9.17) is 12.3 Å². The van der Waals surface area contributed by atoms with Gasteiger partial charge in [0.2, 0.25) is 0 Å². The summed E-state index contributed by atoms with van der Waals surface area (Å²) in [5, 5.41) is 0. The molecule has 0 fully saturated rings. The molecule has 0 heterocycles. The van der Waals surface area contributed by atoms with Gasteiger partial charge in [0.15, 0.2) is 24.2 Å². The lowest BCUT2D eigenvalue weighted by Gasteiger charge is -2.46. The van der Waals surface area contributed by atoms with Crippen LogP contribution in [0, 0.1) is 0 Å². The van der Waals surface area contributed by atoms with Gasteiger partial charge >= 0.3 is 8.32 Å². The Hall–Kier alpha value is -0.0756. The Kier molecular flexibility index (Phi) is 8.03. The van der Waals surface area contributed by atoms with Crippen molar-refractivity contribution in [1.82, 2.24) is 0 Å². The van der Waals surface area contributed by atoms with Crippen LogP contribution >= 0.6 is 0 Å². The molecular weight excluding hydrogens is 393 g/mol. The second-order valence-electron chi connectivity index (χ2n) is 8.88. The first kappa shape index (κ1) is 23.0. The molecule has 0 amide bonds. The van der Waals surface area contributed by atoms with Gasteiger partial charge < -0.3 is 12.3 Å². The molecule has 8 heteroatoms. The van der Waals surface area contributed by atoms with E-state index in [1.165, 1.54) is 5.56 Å². The van der Waals surface area contributed by atoms with Gasteiger partial charge in [0, 0.05) is 0 Å². The van der Waals surface area contributed by atoms with Gasteiger partial charge in [-0.25, -0.2) is 0 Å². The molecule has 25 heavy (non-hydrogen) atoms. The maximum absolute atomic E-state index is 6.81. The highest BCUT2D eigenvalue weighted by molar-refractivity contribution is 7.39. The van der Waals surface area contributed by atoms with Crippen LogP contribution in [0.15, 0.2) is 36.0 Å². The van der Waals surface area contributed by atoms with Crippen molar-refractivity contribution in [1.29, 1.82) is 0 Å². The summed E-state index contributed by atoms with van der Waals surface area (Å²) in [7, 11) is -8.93. The molecular formula is C17H36O3Si5. The largest absolute Gasteiger partial charge is 0.443 e. The number of hydrogen-bond acceptors (Lipinski definition) is 3. The zero-order chi connectivity index (χ0) is 19.4. The quantitative estimate of drug-likeness (QED) is 0.528. The summed E-state index contributed by atoms with van der Waals surface area (Å²) >= 11 is 0. The van der Waals surface area contributed by atoms with E-state index in [9.17, 15) is 0 Å². The average Bonchev–Trinajstić information content (AvgIpc) is 2.43. The summed E-state index contributed by atoms with van der Waals surface area (Å²) in [5.41, 5.74) is 3.60. The molecule has 0 radical (unpaired) electrons. The summed E-state index contributed by atoms with van der Waals surface area (Å²) in [6, 6.07) is 10.5. The van der Waals surface area contributed by atoms with Crippen molar-refractivity contribution in [2.45, 2.75) is 58.9 Å². The fourth-order valence-corrected chi connectivity index (χ4v) is 32.7. The van der Waals surface area contributed by atoms with Gasteiger partial charge in [0.25, 0.3) is 0 Å². The maximum Gasteiger partial charge on any atom is 0.443 e. The minimum absolute atomic E-state index is 0.631. The number of rotatable bonds is 9. The monoisotopic (exact) mass is 428 g/mol. The van der Waals surface area contributed by atoms with Crippen LogP contribution in [0.3, 0.4) is 0 Å². The van der Waals surface area contributed by atoms with Crippen LogP contribution in [0.4, 0.5) is 0 Å². The van der Waals surface area contributed by atoms with Crippen molar-refractivity contribution in [2.24, 2.45) is 0 Å². The van der Waals surface area contributed by atoms with Crippen LogP contribution < -0.4 is 0 Å². The van der Waals surface area contributed by atoms with Gasteiger partial charge in [-0.2, -0.15) is 0 Å². The van der Waals surface area contributed by atoms with Crippen molar-refractivity contribution in [2.75, 3.05) is 0 Å². The topological polar surface area (TPSA) is 27.7 Å². The highest BCUT2D eigenvalue weighted by atomic mass is 29.3. The van der Waals surface area contributed by atoms with Crippen molar-refractivity contribution in [3.8, 4) is 0 Å². The van der Waals surface area contributed by atoms with Gasteiger partial charge in [0.1, 0.15) is 9.76 Å². The van der Waals surface area contributed by atoms with Crippen LogP contribution in [-0.2, 0) is 12.3 Å². The molecule has 0 aliphatic rings. The van der Waals surface area contributed by atoms with E-state index >= 15 is 0 Å². The third-order valence-corrected chi connectivity index (χ3v) is 24.2. The molecule has 0 spiro atoms. The molecule has 0 atom stereocenters. The van der Waals surface area contributed by atoms with Gasteiger partial charge in [-0.1, -0.05) is 61.7 Å². The molecule has 142 valence electrons. The van der Waals surface area contributed by atoms with E-state index in [0.717, 1.165) is 0 Å². The number of hydrogen-bond donors (Lipinski definition) is 0. The predicted octanol–water partition coefficient (Wildman–Crippen LogP) is 4.82. The molecule has 0 bridgehead atoms. The molecule has 0 saturated heterocycles. The van der Waals surface area contributed by atoms with Gasteiger partial charge in [-0.05, 0) is 44.8 Å². The lowest BCUT2D eigenvalue weighted by atomic mass is 10.2. The third kappa shape index (κ3) is 7.59. The Morgan fingerprint density at radius 3 is 1.68 bits per heavy atom. The second-order valence-corrected chi connectivity index (χ2v) is 31.3. The lowest BCUT2D eigenvalue weighted by molar-refractivity contribution is 0.289. The summed E-state index contributed by atoms with van der Waals surface area (Å²) < 4.78 is 20.2. The Morgan fingerprint density at radius 1 is 0.800 bits per heavy atom. The van der Waals surface area contributed by atoms with Crippen molar-refractivity contribution in [3.63, 3.8) is 0 Å². The first-order chi connectivity index (χ1) is 11.3. The number of benzene rings is 1. The molecule has 0 aliphatic heterocycles. The SMILES string of the molecule is C[SiH2]O[Si](O[Si](C)(C)C)(O[Si](C)(C)C)[Si](C)(C)C=Cc1ccccc1. The molecule has 1 rings (SSSR count). The summed E-state index contributed by atoms with van der Waals surface area (Å²) in [6.07, 6.45) is 2.23. The molecule has 0 saturated carbocycles. The first-order valence-electron chi connectivity index (χ1n) is 9.09. The Morgan fingerprint density at radius 2 is 1.28 bits per heavy atom. The normalized spacial score (nSPS) is 14.8. The van der Waals surface area contributed by atoms with Crippen molar-refractivity contribution < 1.29 is 12.3 Å². The van der Waals surface area contributed by atoms with Gasteiger partial charge in [-0.3, -0.25) is 0 Å². The fourth-order valence-electron chi connectivity index (χ4n) is 2.50. The zero-order valence-corrected chi connectivity index (χ0v) is 22.9. The smallest absolute Gasteiger partial charge is 0.425 e. The van der Waals surface area contributed by atoms with E-state index < -0.39 is 42.3 Å². The van der Waals surface area contributed by atoms with Crippen LogP contribution in [0.5, 0.6) is 0 Å². The van der Waals surface area contributed by atoms with E-state index in [1.807, 2.05) is 6.07 Å².